The van der Waals surface area contributed by atoms with Crippen LogP contribution in [0.1, 0.15) is 40.6 Å². The molecule has 0 spiro atoms. The van der Waals surface area contributed by atoms with Crippen LogP contribution in [0.25, 0.3) is 22.7 Å². The van der Waals surface area contributed by atoms with Gasteiger partial charge in [-0.15, -0.1) is 0 Å². The number of hydrogen-bond donors (Lipinski definition) is 1. The molecule has 1 aromatic heterocycles. The molecule has 166 valence electrons. The van der Waals surface area contributed by atoms with Crippen LogP contribution in [-0.4, -0.2) is 16.6 Å². The van der Waals surface area contributed by atoms with Gasteiger partial charge >= 0.3 is 0 Å². The first-order valence-electron chi connectivity index (χ1n) is 11.0. The Morgan fingerprint density at radius 3 is 2.58 bits per heavy atom. The van der Waals surface area contributed by atoms with Crippen molar-refractivity contribution in [3.05, 3.63) is 88.2 Å². The molecule has 4 aromatic rings. The minimum absolute atomic E-state index is 0.456. The zero-order valence-electron chi connectivity index (χ0n) is 19.4. The molecule has 5 heteroatoms. The second-order valence-corrected chi connectivity index (χ2v) is 8.13. The highest BCUT2D eigenvalue weighted by molar-refractivity contribution is 5.90. The van der Waals surface area contributed by atoms with Crippen LogP contribution < -0.4 is 9.47 Å². The fourth-order valence-corrected chi connectivity index (χ4v) is 3.68. The fraction of sp³-hybridized carbons (Fsp3) is 0.214. The summed E-state index contributed by atoms with van der Waals surface area (Å²) >= 11 is 0. The number of allylic oxidation sites excluding steroid dienone is 1. The summed E-state index contributed by atoms with van der Waals surface area (Å²) in [6.45, 7) is 9.09. The van der Waals surface area contributed by atoms with Gasteiger partial charge in [-0.2, -0.15) is 5.26 Å². The molecule has 0 radical (unpaired) electrons. The number of aromatic nitrogens is 2. The molecule has 0 atom stereocenters. The van der Waals surface area contributed by atoms with Gasteiger partial charge in [0.25, 0.3) is 0 Å². The highest BCUT2D eigenvalue weighted by Gasteiger charge is 2.11. The molecule has 33 heavy (non-hydrogen) atoms. The van der Waals surface area contributed by atoms with E-state index in [0.29, 0.717) is 36.1 Å². The average molecular weight is 438 g/mol. The Morgan fingerprint density at radius 1 is 1.00 bits per heavy atom. The summed E-state index contributed by atoms with van der Waals surface area (Å²) < 4.78 is 11.9. The molecule has 1 heterocycles. The molecule has 0 saturated heterocycles. The lowest BCUT2D eigenvalue weighted by Crippen LogP contribution is -2.00. The Balaban J connectivity index is 1.62. The van der Waals surface area contributed by atoms with Gasteiger partial charge in [0.15, 0.2) is 11.5 Å². The van der Waals surface area contributed by atoms with Crippen molar-refractivity contribution < 1.29 is 9.47 Å². The van der Waals surface area contributed by atoms with Crippen molar-refractivity contribution in [2.24, 2.45) is 0 Å². The first kappa shape index (κ1) is 22.2. The molecule has 0 fully saturated rings. The number of H-pyrrole nitrogens is 1. The lowest BCUT2D eigenvalue weighted by atomic mass is 10.1. The first-order chi connectivity index (χ1) is 16.0. The number of benzene rings is 3. The van der Waals surface area contributed by atoms with E-state index in [1.807, 2.05) is 49.4 Å². The fourth-order valence-electron chi connectivity index (χ4n) is 3.68. The normalized spacial score (nSPS) is 11.4. The third kappa shape index (κ3) is 5.07. The maximum Gasteiger partial charge on any atom is 0.161 e. The van der Waals surface area contributed by atoms with Gasteiger partial charge < -0.3 is 14.5 Å². The van der Waals surface area contributed by atoms with Crippen LogP contribution in [0.15, 0.2) is 54.6 Å². The number of nitriles is 1. The molecule has 0 saturated carbocycles. The van der Waals surface area contributed by atoms with Crippen molar-refractivity contribution in [3.63, 3.8) is 0 Å². The van der Waals surface area contributed by atoms with E-state index in [1.54, 1.807) is 0 Å². The van der Waals surface area contributed by atoms with E-state index in [0.717, 1.165) is 22.2 Å². The summed E-state index contributed by atoms with van der Waals surface area (Å²) in [4.78, 5) is 7.90. The Labute approximate surface area is 194 Å². The van der Waals surface area contributed by atoms with E-state index in [-0.39, 0.29) is 0 Å². The Morgan fingerprint density at radius 2 is 1.82 bits per heavy atom. The molecule has 4 rings (SSSR count). The van der Waals surface area contributed by atoms with Gasteiger partial charge in [0, 0.05) is 0 Å². The third-order valence-corrected chi connectivity index (χ3v) is 5.53. The average Bonchev–Trinajstić information content (AvgIpc) is 3.19. The monoisotopic (exact) mass is 437 g/mol. The van der Waals surface area contributed by atoms with Gasteiger partial charge in [-0.25, -0.2) is 4.98 Å². The summed E-state index contributed by atoms with van der Waals surface area (Å²) in [7, 11) is 0. The lowest BCUT2D eigenvalue weighted by molar-refractivity contribution is 0.269. The number of aromatic amines is 1. The van der Waals surface area contributed by atoms with Crippen LogP contribution in [0, 0.1) is 32.1 Å². The molecule has 0 bridgehead atoms. The van der Waals surface area contributed by atoms with Gasteiger partial charge in [0.05, 0.1) is 23.2 Å². The first-order valence-corrected chi connectivity index (χ1v) is 11.0. The summed E-state index contributed by atoms with van der Waals surface area (Å²) in [6.07, 6.45) is 1.81. The van der Waals surface area contributed by atoms with Gasteiger partial charge in [-0.3, -0.25) is 0 Å². The van der Waals surface area contributed by atoms with E-state index in [4.69, 9.17) is 9.47 Å². The second-order valence-electron chi connectivity index (χ2n) is 8.13. The van der Waals surface area contributed by atoms with Gasteiger partial charge in [-0.05, 0) is 80.3 Å². The number of nitrogens with zero attached hydrogens (tertiary/aromatic N) is 2. The van der Waals surface area contributed by atoms with Crippen LogP contribution in [0.3, 0.4) is 0 Å². The molecule has 0 aliphatic heterocycles. The predicted octanol–water partition coefficient (Wildman–Crippen LogP) is 6.53. The Hall–Kier alpha value is -4.04. The van der Waals surface area contributed by atoms with Gasteiger partial charge in [0.2, 0.25) is 0 Å². The summed E-state index contributed by atoms with van der Waals surface area (Å²) in [5, 5.41) is 9.80. The summed E-state index contributed by atoms with van der Waals surface area (Å²) in [5.41, 5.74) is 7.72. The van der Waals surface area contributed by atoms with Gasteiger partial charge in [-0.1, -0.05) is 35.9 Å². The number of hydrogen-bond acceptors (Lipinski definition) is 4. The van der Waals surface area contributed by atoms with Crippen molar-refractivity contribution in [2.75, 3.05) is 6.61 Å². The van der Waals surface area contributed by atoms with E-state index in [9.17, 15) is 5.26 Å². The van der Waals surface area contributed by atoms with Gasteiger partial charge in [0.1, 0.15) is 18.5 Å². The van der Waals surface area contributed by atoms with Crippen molar-refractivity contribution in [3.8, 4) is 17.6 Å². The molecule has 0 amide bonds. The molecule has 0 unspecified atom stereocenters. The van der Waals surface area contributed by atoms with E-state index in [2.05, 4.69) is 55.0 Å². The number of fused-ring (bicyclic) bond motifs is 1. The predicted molar refractivity (Wildman–Crippen MR) is 132 cm³/mol. The molecule has 3 aromatic carbocycles. The molecule has 0 aliphatic carbocycles. The number of rotatable bonds is 7. The smallest absolute Gasteiger partial charge is 0.161 e. The largest absolute Gasteiger partial charge is 0.490 e. The van der Waals surface area contributed by atoms with E-state index < -0.39 is 0 Å². The quantitative estimate of drug-likeness (QED) is 0.334. The molecule has 5 nitrogen and oxygen atoms in total. The zero-order chi connectivity index (χ0) is 23.4. The minimum atomic E-state index is 0.456. The van der Waals surface area contributed by atoms with Crippen molar-refractivity contribution in [1.82, 2.24) is 9.97 Å². The van der Waals surface area contributed by atoms with E-state index >= 15 is 0 Å². The summed E-state index contributed by atoms with van der Waals surface area (Å²) in [6, 6.07) is 20.3. The zero-order valence-corrected chi connectivity index (χ0v) is 19.4. The maximum absolute atomic E-state index is 9.80. The molecular formula is C28H27N3O2. The van der Waals surface area contributed by atoms with Crippen LogP contribution in [0.2, 0.25) is 0 Å². The Bertz CT molecular complexity index is 1340. The van der Waals surface area contributed by atoms with Crippen molar-refractivity contribution in [2.45, 2.75) is 34.3 Å². The van der Waals surface area contributed by atoms with Crippen molar-refractivity contribution in [1.29, 1.82) is 5.26 Å². The van der Waals surface area contributed by atoms with Crippen LogP contribution in [-0.2, 0) is 6.61 Å². The van der Waals surface area contributed by atoms with Crippen LogP contribution in [0.4, 0.5) is 0 Å². The topological polar surface area (TPSA) is 70.9 Å². The second kappa shape index (κ2) is 9.62. The maximum atomic E-state index is 9.80. The van der Waals surface area contributed by atoms with Crippen LogP contribution in [0.5, 0.6) is 11.5 Å². The van der Waals surface area contributed by atoms with Crippen LogP contribution >= 0.6 is 0 Å². The lowest BCUT2D eigenvalue weighted by Gasteiger charge is -2.13. The number of aryl methyl sites for hydroxylation is 3. The Kier molecular flexibility index (Phi) is 6.46. The van der Waals surface area contributed by atoms with Crippen molar-refractivity contribution >= 4 is 22.7 Å². The number of nitrogens with one attached hydrogen (secondary N) is 1. The number of imidazole rings is 1. The summed E-state index contributed by atoms with van der Waals surface area (Å²) in [5.74, 6) is 1.87. The van der Waals surface area contributed by atoms with E-state index in [1.165, 1.54) is 16.7 Å². The molecule has 1 N–H and O–H groups in total. The standard InChI is InChI=1S/C28H27N3O2/c1-5-32-27-15-21(9-10-26(27)33-17-22-8-6-7-18(2)11-22)14-23(16-29)28-30-24-12-19(3)20(4)13-25(24)31-28/h6-15H,5,17H2,1-4H3,(H,30,31). The molecular weight excluding hydrogens is 410 g/mol. The SMILES string of the molecule is CCOc1cc(C=C(C#N)c2nc3cc(C)c(C)cc3[nH]2)ccc1OCc1cccc(C)c1. The highest BCUT2D eigenvalue weighted by Crippen LogP contribution is 2.31. The minimum Gasteiger partial charge on any atom is -0.490 e. The number of ether oxygens (including phenoxy) is 2. The third-order valence-electron chi connectivity index (χ3n) is 5.53. The highest BCUT2D eigenvalue weighted by atomic mass is 16.5. The molecule has 0 aliphatic rings.